The Bertz CT molecular complexity index is 248. The Morgan fingerprint density at radius 2 is 2.00 bits per heavy atom. The Labute approximate surface area is 71.0 Å². The molecular weight excluding hydrogens is 158 g/mol. The Morgan fingerprint density at radius 3 is 2.17 bits per heavy atom. The van der Waals surface area contributed by atoms with Gasteiger partial charge in [0, 0.05) is 7.05 Å². The van der Waals surface area contributed by atoms with Crippen LogP contribution in [0.2, 0.25) is 0 Å². The molecule has 0 saturated heterocycles. The van der Waals surface area contributed by atoms with Gasteiger partial charge in [-0.15, -0.1) is 5.10 Å². The molecule has 0 amide bonds. The van der Waals surface area contributed by atoms with E-state index < -0.39 is 5.97 Å². The van der Waals surface area contributed by atoms with Crippen molar-refractivity contribution in [2.45, 2.75) is 20.8 Å². The molecule has 12 heavy (non-hydrogen) atoms. The minimum atomic E-state index is -0.995. The Hall–Kier alpha value is -1.39. The minimum absolute atomic E-state index is 0.139. The normalized spacial score (nSPS) is 8.67. The number of aryl methyl sites for hydroxylation is 2. The number of carboxylic acid groups (broad SMARTS) is 1. The highest BCUT2D eigenvalue weighted by Crippen LogP contribution is 2.00. The summed E-state index contributed by atoms with van der Waals surface area (Å²) in [6.45, 7) is 5.61. The van der Waals surface area contributed by atoms with Crippen molar-refractivity contribution in [2.75, 3.05) is 0 Å². The van der Waals surface area contributed by atoms with Crippen molar-refractivity contribution in [3.8, 4) is 0 Å². The van der Waals surface area contributed by atoms with Crippen LogP contribution < -0.4 is 0 Å². The van der Waals surface area contributed by atoms with Gasteiger partial charge in [0.05, 0.1) is 5.69 Å². The van der Waals surface area contributed by atoms with E-state index in [0.717, 1.165) is 0 Å². The number of aromatic nitrogens is 3. The SMILES string of the molecule is CC.Cc1nnn(C)c1C(=O)O. The fraction of sp³-hybridized carbons (Fsp3) is 0.571. The molecule has 0 spiro atoms. The first kappa shape index (κ1) is 10.6. The molecule has 1 aromatic heterocycles. The van der Waals surface area contributed by atoms with Gasteiger partial charge in [-0.05, 0) is 6.92 Å². The average molecular weight is 171 g/mol. The standard InChI is InChI=1S/C5H7N3O2.C2H6/c1-3-4(5(9)10)8(2)7-6-3;1-2/h1-2H3,(H,9,10);1-2H3. The molecule has 1 N–H and O–H groups in total. The lowest BCUT2D eigenvalue weighted by Gasteiger charge is -1.91. The molecule has 0 aliphatic heterocycles. The van der Waals surface area contributed by atoms with Gasteiger partial charge in [0.1, 0.15) is 0 Å². The zero-order chi connectivity index (χ0) is 9.72. The van der Waals surface area contributed by atoms with Crippen molar-refractivity contribution < 1.29 is 9.90 Å². The summed E-state index contributed by atoms with van der Waals surface area (Å²) in [7, 11) is 1.55. The first-order valence-electron chi connectivity index (χ1n) is 3.72. The van der Waals surface area contributed by atoms with Gasteiger partial charge in [0.25, 0.3) is 0 Å². The van der Waals surface area contributed by atoms with Crippen LogP contribution in [0.1, 0.15) is 30.0 Å². The number of carbonyl (C=O) groups is 1. The van der Waals surface area contributed by atoms with Crippen molar-refractivity contribution in [1.82, 2.24) is 15.0 Å². The van der Waals surface area contributed by atoms with Crippen LogP contribution in [0.15, 0.2) is 0 Å². The monoisotopic (exact) mass is 171 g/mol. The number of nitrogens with zero attached hydrogens (tertiary/aromatic N) is 3. The molecule has 1 heterocycles. The van der Waals surface area contributed by atoms with E-state index in [4.69, 9.17) is 5.11 Å². The molecule has 0 unspecified atom stereocenters. The van der Waals surface area contributed by atoms with Crippen LogP contribution in [-0.4, -0.2) is 26.1 Å². The van der Waals surface area contributed by atoms with E-state index in [1.807, 2.05) is 13.8 Å². The molecular formula is C7H13N3O2. The molecule has 0 aliphatic carbocycles. The summed E-state index contributed by atoms with van der Waals surface area (Å²) in [5.74, 6) is -0.995. The highest BCUT2D eigenvalue weighted by atomic mass is 16.4. The lowest BCUT2D eigenvalue weighted by Crippen LogP contribution is -2.06. The minimum Gasteiger partial charge on any atom is -0.476 e. The van der Waals surface area contributed by atoms with Crippen molar-refractivity contribution in [2.24, 2.45) is 7.05 Å². The third kappa shape index (κ3) is 2.05. The van der Waals surface area contributed by atoms with Crippen LogP contribution in [0, 0.1) is 6.92 Å². The van der Waals surface area contributed by atoms with Gasteiger partial charge in [-0.25, -0.2) is 9.48 Å². The lowest BCUT2D eigenvalue weighted by atomic mass is 10.3. The number of carboxylic acids is 1. The van der Waals surface area contributed by atoms with Gasteiger partial charge < -0.3 is 5.11 Å². The zero-order valence-corrected chi connectivity index (χ0v) is 7.70. The maximum atomic E-state index is 10.4. The van der Waals surface area contributed by atoms with E-state index in [2.05, 4.69) is 10.3 Å². The summed E-state index contributed by atoms with van der Waals surface area (Å²) in [5.41, 5.74) is 0.579. The fourth-order valence-electron chi connectivity index (χ4n) is 0.754. The summed E-state index contributed by atoms with van der Waals surface area (Å²) in [5, 5.41) is 15.6. The second-order valence-corrected chi connectivity index (χ2v) is 1.95. The van der Waals surface area contributed by atoms with Crippen molar-refractivity contribution in [3.63, 3.8) is 0 Å². The van der Waals surface area contributed by atoms with Gasteiger partial charge in [-0.2, -0.15) is 0 Å². The van der Waals surface area contributed by atoms with Crippen molar-refractivity contribution >= 4 is 5.97 Å². The second-order valence-electron chi connectivity index (χ2n) is 1.95. The lowest BCUT2D eigenvalue weighted by molar-refractivity contribution is 0.0684. The molecule has 5 nitrogen and oxygen atoms in total. The predicted molar refractivity (Wildman–Crippen MR) is 44.0 cm³/mol. The summed E-state index contributed by atoms with van der Waals surface area (Å²) in [6, 6.07) is 0. The summed E-state index contributed by atoms with van der Waals surface area (Å²) in [4.78, 5) is 10.4. The number of aromatic carboxylic acids is 1. The molecule has 0 saturated carbocycles. The highest BCUT2D eigenvalue weighted by Gasteiger charge is 2.12. The quantitative estimate of drug-likeness (QED) is 0.680. The van der Waals surface area contributed by atoms with E-state index in [9.17, 15) is 4.79 Å². The summed E-state index contributed by atoms with van der Waals surface area (Å²) >= 11 is 0. The third-order valence-corrected chi connectivity index (χ3v) is 1.20. The largest absolute Gasteiger partial charge is 0.476 e. The van der Waals surface area contributed by atoms with Crippen molar-refractivity contribution in [1.29, 1.82) is 0 Å². The molecule has 1 aromatic rings. The molecule has 0 bridgehead atoms. The summed E-state index contributed by atoms with van der Waals surface area (Å²) in [6.07, 6.45) is 0. The maximum Gasteiger partial charge on any atom is 0.356 e. The topological polar surface area (TPSA) is 68.0 Å². The molecule has 0 aliphatic rings. The Kier molecular flexibility index (Phi) is 3.96. The van der Waals surface area contributed by atoms with Gasteiger partial charge in [0.2, 0.25) is 0 Å². The van der Waals surface area contributed by atoms with Crippen LogP contribution in [-0.2, 0) is 7.05 Å². The number of rotatable bonds is 1. The zero-order valence-electron chi connectivity index (χ0n) is 7.70. The van der Waals surface area contributed by atoms with Gasteiger partial charge in [-0.1, -0.05) is 19.1 Å². The molecule has 0 fully saturated rings. The highest BCUT2D eigenvalue weighted by molar-refractivity contribution is 5.86. The molecule has 68 valence electrons. The van der Waals surface area contributed by atoms with E-state index >= 15 is 0 Å². The smallest absolute Gasteiger partial charge is 0.356 e. The Morgan fingerprint density at radius 1 is 1.50 bits per heavy atom. The summed E-state index contributed by atoms with van der Waals surface area (Å²) < 4.78 is 1.23. The van der Waals surface area contributed by atoms with Crippen LogP contribution in [0.4, 0.5) is 0 Å². The van der Waals surface area contributed by atoms with Crippen molar-refractivity contribution in [3.05, 3.63) is 11.4 Å². The predicted octanol–water partition coefficient (Wildman–Crippen LogP) is 0.848. The van der Waals surface area contributed by atoms with Crippen LogP contribution in [0.5, 0.6) is 0 Å². The second kappa shape index (κ2) is 4.48. The van der Waals surface area contributed by atoms with Crippen LogP contribution >= 0.6 is 0 Å². The Balaban J connectivity index is 0.000000561. The number of hydrogen-bond acceptors (Lipinski definition) is 3. The van der Waals surface area contributed by atoms with E-state index in [1.54, 1.807) is 14.0 Å². The van der Waals surface area contributed by atoms with E-state index in [1.165, 1.54) is 4.68 Å². The van der Waals surface area contributed by atoms with Gasteiger partial charge in [-0.3, -0.25) is 0 Å². The third-order valence-electron chi connectivity index (χ3n) is 1.20. The van der Waals surface area contributed by atoms with Gasteiger partial charge in [0.15, 0.2) is 5.69 Å². The first-order valence-corrected chi connectivity index (χ1v) is 3.72. The molecule has 5 heteroatoms. The molecule has 0 aromatic carbocycles. The van der Waals surface area contributed by atoms with Crippen LogP contribution in [0.25, 0.3) is 0 Å². The molecule has 0 radical (unpaired) electrons. The maximum absolute atomic E-state index is 10.4. The molecule has 0 atom stereocenters. The molecule has 1 rings (SSSR count). The average Bonchev–Trinajstić information content (AvgIpc) is 2.35. The van der Waals surface area contributed by atoms with E-state index in [-0.39, 0.29) is 5.69 Å². The fourth-order valence-corrected chi connectivity index (χ4v) is 0.754. The van der Waals surface area contributed by atoms with E-state index in [0.29, 0.717) is 5.69 Å². The first-order chi connectivity index (χ1) is 5.63. The van der Waals surface area contributed by atoms with Gasteiger partial charge >= 0.3 is 5.97 Å². The number of hydrogen-bond donors (Lipinski definition) is 1. The van der Waals surface area contributed by atoms with Crippen LogP contribution in [0.3, 0.4) is 0 Å².